The number of hydrogen-bond acceptors (Lipinski definition) is 0. The molecular formula is C8H16. The third kappa shape index (κ3) is 3.91. The molecule has 48 valence electrons. The molecule has 0 heteroatoms. The largest absolute Gasteiger partial charge is 0.103 e. The number of hydrogen-bond donors (Lipinski definition) is 0. The Morgan fingerprint density at radius 3 is 2.00 bits per heavy atom. The quantitative estimate of drug-likeness (QED) is 0.492. The third-order valence-corrected chi connectivity index (χ3v) is 1.25. The topological polar surface area (TPSA) is 0 Å². The second-order valence-corrected chi connectivity index (χ2v) is 2.84. The van der Waals surface area contributed by atoms with E-state index in [1.807, 2.05) is 6.08 Å². The molecular weight excluding hydrogens is 96.1 g/mol. The molecule has 0 rings (SSSR count). The Morgan fingerprint density at radius 2 is 1.88 bits per heavy atom. The minimum Gasteiger partial charge on any atom is -0.103 e. The summed E-state index contributed by atoms with van der Waals surface area (Å²) in [5, 5.41) is 0. The van der Waals surface area contributed by atoms with E-state index in [9.17, 15) is 0 Å². The molecule has 0 aliphatic carbocycles. The lowest BCUT2D eigenvalue weighted by atomic mass is 9.99. The molecule has 0 bridgehead atoms. The molecule has 0 aromatic heterocycles. The maximum atomic E-state index is 3.71. The van der Waals surface area contributed by atoms with Crippen LogP contribution in [0.4, 0.5) is 0 Å². The van der Waals surface area contributed by atoms with Crippen LogP contribution in [0.25, 0.3) is 0 Å². The Kier molecular flexibility index (Phi) is 3.59. The lowest BCUT2D eigenvalue weighted by molar-refractivity contribution is 0.503. The van der Waals surface area contributed by atoms with E-state index in [4.69, 9.17) is 0 Å². The second-order valence-electron chi connectivity index (χ2n) is 2.84. The van der Waals surface area contributed by atoms with Gasteiger partial charge in [-0.1, -0.05) is 26.8 Å². The van der Waals surface area contributed by atoms with Gasteiger partial charge in [-0.3, -0.25) is 0 Å². The molecule has 0 aliphatic rings. The van der Waals surface area contributed by atoms with E-state index in [0.29, 0.717) is 5.92 Å². The third-order valence-electron chi connectivity index (χ3n) is 1.25. The van der Waals surface area contributed by atoms with Crippen LogP contribution in [-0.4, -0.2) is 0 Å². The molecule has 0 amide bonds. The first-order valence-electron chi connectivity index (χ1n) is 3.29. The average molecular weight is 112 g/mol. The van der Waals surface area contributed by atoms with Gasteiger partial charge in [0, 0.05) is 0 Å². The van der Waals surface area contributed by atoms with Crippen LogP contribution < -0.4 is 0 Å². The second kappa shape index (κ2) is 3.71. The summed E-state index contributed by atoms with van der Waals surface area (Å²) in [6, 6.07) is 0. The van der Waals surface area contributed by atoms with Gasteiger partial charge in [0.2, 0.25) is 0 Å². The van der Waals surface area contributed by atoms with Gasteiger partial charge in [0.15, 0.2) is 0 Å². The summed E-state index contributed by atoms with van der Waals surface area (Å²) in [7, 11) is 0. The van der Waals surface area contributed by atoms with Gasteiger partial charge in [-0.05, 0) is 18.3 Å². The van der Waals surface area contributed by atoms with Crippen LogP contribution in [0.15, 0.2) is 12.7 Å². The van der Waals surface area contributed by atoms with Crippen molar-refractivity contribution in [3.63, 3.8) is 0 Å². The van der Waals surface area contributed by atoms with Crippen molar-refractivity contribution in [2.75, 3.05) is 0 Å². The first-order valence-corrected chi connectivity index (χ1v) is 3.29. The Labute approximate surface area is 52.6 Å². The maximum absolute atomic E-state index is 3.71. The molecule has 0 nitrogen and oxygen atoms in total. The first kappa shape index (κ1) is 7.74. The summed E-state index contributed by atoms with van der Waals surface area (Å²) in [5.41, 5.74) is 0. The van der Waals surface area contributed by atoms with Crippen molar-refractivity contribution in [1.82, 2.24) is 0 Å². The van der Waals surface area contributed by atoms with Gasteiger partial charge < -0.3 is 0 Å². The van der Waals surface area contributed by atoms with Gasteiger partial charge in [0.1, 0.15) is 0 Å². The maximum Gasteiger partial charge on any atom is -0.0262 e. The highest BCUT2D eigenvalue weighted by Crippen LogP contribution is 2.10. The van der Waals surface area contributed by atoms with Crippen LogP contribution in [0.5, 0.6) is 0 Å². The molecule has 0 radical (unpaired) electrons. The van der Waals surface area contributed by atoms with E-state index in [1.54, 1.807) is 0 Å². The van der Waals surface area contributed by atoms with Crippen LogP contribution in [0.2, 0.25) is 0 Å². The Hall–Kier alpha value is -0.260. The Morgan fingerprint density at radius 1 is 1.38 bits per heavy atom. The van der Waals surface area contributed by atoms with E-state index in [-0.39, 0.29) is 0 Å². The van der Waals surface area contributed by atoms with Gasteiger partial charge in [-0.2, -0.15) is 0 Å². The van der Waals surface area contributed by atoms with Crippen molar-refractivity contribution in [3.8, 4) is 0 Å². The summed E-state index contributed by atoms with van der Waals surface area (Å²) in [6.07, 6.45) is 3.28. The fourth-order valence-corrected chi connectivity index (χ4v) is 0.840. The summed E-state index contributed by atoms with van der Waals surface area (Å²) >= 11 is 0. The number of allylic oxidation sites excluding steroid dienone is 1. The fraction of sp³-hybridized carbons (Fsp3) is 0.750. The zero-order valence-electron chi connectivity index (χ0n) is 6.15. The smallest absolute Gasteiger partial charge is 0.0262 e. The van der Waals surface area contributed by atoms with Crippen molar-refractivity contribution < 1.29 is 0 Å². The van der Waals surface area contributed by atoms with Crippen molar-refractivity contribution >= 4 is 0 Å². The SMILES string of the molecule is C=CC(C)CC(C)C. The molecule has 0 saturated carbocycles. The zero-order valence-corrected chi connectivity index (χ0v) is 6.15. The number of rotatable bonds is 3. The van der Waals surface area contributed by atoms with Crippen LogP contribution in [0.3, 0.4) is 0 Å². The summed E-state index contributed by atoms with van der Waals surface area (Å²) in [5.74, 6) is 1.50. The fourth-order valence-electron chi connectivity index (χ4n) is 0.840. The monoisotopic (exact) mass is 112 g/mol. The van der Waals surface area contributed by atoms with Gasteiger partial charge in [-0.15, -0.1) is 6.58 Å². The molecule has 0 fully saturated rings. The molecule has 0 N–H and O–H groups in total. The standard InChI is InChI=1S/C8H16/c1-5-8(4)6-7(2)3/h5,7-8H,1,6H2,2-4H3. The van der Waals surface area contributed by atoms with Crippen molar-refractivity contribution in [1.29, 1.82) is 0 Å². The Balaban J connectivity index is 3.23. The molecule has 0 aromatic rings. The molecule has 0 aliphatic heterocycles. The van der Waals surface area contributed by atoms with E-state index < -0.39 is 0 Å². The van der Waals surface area contributed by atoms with Crippen LogP contribution in [0, 0.1) is 11.8 Å². The van der Waals surface area contributed by atoms with Gasteiger partial charge >= 0.3 is 0 Å². The average Bonchev–Trinajstić information content (AvgIpc) is 1.65. The van der Waals surface area contributed by atoms with Gasteiger partial charge in [0.05, 0.1) is 0 Å². The lowest BCUT2D eigenvalue weighted by Gasteiger charge is -2.06. The molecule has 0 heterocycles. The molecule has 0 saturated heterocycles. The molecule has 0 spiro atoms. The molecule has 1 unspecified atom stereocenters. The summed E-state index contributed by atoms with van der Waals surface area (Å²) < 4.78 is 0. The highest BCUT2D eigenvalue weighted by atomic mass is 14.0. The minimum absolute atomic E-state index is 0.690. The summed E-state index contributed by atoms with van der Waals surface area (Å²) in [6.45, 7) is 10.4. The highest BCUT2D eigenvalue weighted by molar-refractivity contribution is 4.75. The van der Waals surface area contributed by atoms with Crippen molar-refractivity contribution in [2.24, 2.45) is 11.8 Å². The van der Waals surface area contributed by atoms with Crippen molar-refractivity contribution in [3.05, 3.63) is 12.7 Å². The van der Waals surface area contributed by atoms with E-state index in [0.717, 1.165) is 5.92 Å². The minimum atomic E-state index is 0.690. The van der Waals surface area contributed by atoms with Crippen molar-refractivity contribution in [2.45, 2.75) is 27.2 Å². The lowest BCUT2D eigenvalue weighted by Crippen LogP contribution is -1.94. The predicted octanol–water partition coefficient (Wildman–Crippen LogP) is 2.85. The Bertz CT molecular complexity index is 62.4. The van der Waals surface area contributed by atoms with E-state index in [1.165, 1.54) is 6.42 Å². The molecule has 8 heavy (non-hydrogen) atoms. The molecule has 0 aromatic carbocycles. The van der Waals surface area contributed by atoms with Gasteiger partial charge in [-0.25, -0.2) is 0 Å². The predicted molar refractivity (Wildman–Crippen MR) is 38.8 cm³/mol. The first-order chi connectivity index (χ1) is 3.66. The zero-order chi connectivity index (χ0) is 6.57. The van der Waals surface area contributed by atoms with Crippen LogP contribution >= 0.6 is 0 Å². The summed E-state index contributed by atoms with van der Waals surface area (Å²) in [4.78, 5) is 0. The van der Waals surface area contributed by atoms with E-state index >= 15 is 0 Å². The van der Waals surface area contributed by atoms with E-state index in [2.05, 4.69) is 27.4 Å². The normalized spacial score (nSPS) is 14.0. The van der Waals surface area contributed by atoms with Crippen LogP contribution in [-0.2, 0) is 0 Å². The van der Waals surface area contributed by atoms with Gasteiger partial charge in [0.25, 0.3) is 0 Å². The highest BCUT2D eigenvalue weighted by Gasteiger charge is 1.97. The molecule has 1 atom stereocenters. The van der Waals surface area contributed by atoms with Crippen LogP contribution in [0.1, 0.15) is 27.2 Å².